The largest absolute Gasteiger partial charge is 0.451 e. The number of carbonyl (C=O) groups is 5. The molecule has 8 heteroatoms. The number of carbonyl (C=O) groups excluding carboxylic acids is 5. The van der Waals surface area contributed by atoms with Crippen molar-refractivity contribution >= 4 is 35.2 Å². The van der Waals surface area contributed by atoms with Gasteiger partial charge in [-0.25, -0.2) is 4.79 Å². The maximum Gasteiger partial charge on any atom is 0.329 e. The molecule has 0 saturated carbocycles. The van der Waals surface area contributed by atoms with E-state index >= 15 is 0 Å². The number of benzene rings is 1. The maximum absolute atomic E-state index is 12.6. The Balaban J connectivity index is 1.59. The van der Waals surface area contributed by atoms with Crippen molar-refractivity contribution in [1.82, 2.24) is 4.90 Å². The van der Waals surface area contributed by atoms with Gasteiger partial charge in [0.05, 0.1) is 11.8 Å². The summed E-state index contributed by atoms with van der Waals surface area (Å²) in [5.74, 6) is -3.09. The molecule has 0 unspecified atom stereocenters. The molecule has 8 nitrogen and oxygen atoms in total. The summed E-state index contributed by atoms with van der Waals surface area (Å²) < 4.78 is 5.20. The van der Waals surface area contributed by atoms with Gasteiger partial charge in [-0.05, 0) is 57.9 Å². The van der Waals surface area contributed by atoms with Crippen LogP contribution in [0.25, 0.3) is 0 Å². The average Bonchev–Trinajstić information content (AvgIpc) is 2.98. The molecule has 1 aliphatic heterocycles. The Bertz CT molecular complexity index is 894. The minimum atomic E-state index is -1.14. The van der Waals surface area contributed by atoms with Gasteiger partial charge in [0, 0.05) is 11.3 Å². The van der Waals surface area contributed by atoms with E-state index in [1.165, 1.54) is 20.8 Å². The van der Waals surface area contributed by atoms with Crippen LogP contribution in [0.5, 0.6) is 0 Å². The highest BCUT2D eigenvalue weighted by Gasteiger charge is 2.50. The summed E-state index contributed by atoms with van der Waals surface area (Å²) in [6.45, 7) is 4.27. The van der Waals surface area contributed by atoms with Crippen LogP contribution in [-0.2, 0) is 23.9 Å². The Hall–Kier alpha value is -3.29. The monoisotopic (exact) mass is 412 g/mol. The van der Waals surface area contributed by atoms with E-state index in [0.29, 0.717) is 24.1 Å². The number of hydrogen-bond acceptors (Lipinski definition) is 6. The third kappa shape index (κ3) is 4.17. The zero-order chi connectivity index (χ0) is 22.0. The molecule has 30 heavy (non-hydrogen) atoms. The number of ketones is 1. The lowest BCUT2D eigenvalue weighted by Gasteiger charge is -2.23. The van der Waals surface area contributed by atoms with Crippen molar-refractivity contribution < 1.29 is 28.7 Å². The minimum Gasteiger partial charge on any atom is -0.451 e. The molecule has 3 amide bonds. The maximum atomic E-state index is 12.6. The van der Waals surface area contributed by atoms with Gasteiger partial charge in [-0.2, -0.15) is 0 Å². The van der Waals surface area contributed by atoms with E-state index in [4.69, 9.17) is 4.74 Å². The Morgan fingerprint density at radius 1 is 1.00 bits per heavy atom. The van der Waals surface area contributed by atoms with Gasteiger partial charge in [-0.3, -0.25) is 24.1 Å². The second-order valence-corrected chi connectivity index (χ2v) is 7.58. The summed E-state index contributed by atoms with van der Waals surface area (Å²) in [5.41, 5.74) is 0.958. The molecule has 1 aliphatic carbocycles. The molecule has 158 valence electrons. The summed E-state index contributed by atoms with van der Waals surface area (Å²) in [6, 6.07) is 5.19. The lowest BCUT2D eigenvalue weighted by atomic mass is 9.85. The fraction of sp³-hybridized carbons (Fsp3) is 0.409. The average molecular weight is 412 g/mol. The Morgan fingerprint density at radius 2 is 1.53 bits per heavy atom. The number of nitrogens with zero attached hydrogens (tertiary/aromatic N) is 1. The van der Waals surface area contributed by atoms with E-state index in [2.05, 4.69) is 5.32 Å². The van der Waals surface area contributed by atoms with Crippen molar-refractivity contribution in [2.24, 2.45) is 11.8 Å². The Morgan fingerprint density at radius 3 is 2.03 bits per heavy atom. The van der Waals surface area contributed by atoms with Gasteiger partial charge >= 0.3 is 5.97 Å². The van der Waals surface area contributed by atoms with Crippen LogP contribution in [-0.4, -0.2) is 46.5 Å². The molecule has 1 aromatic rings. The molecule has 1 aromatic carbocycles. The highest BCUT2D eigenvalue weighted by atomic mass is 16.5. The molecule has 2 aliphatic rings. The third-order valence-corrected chi connectivity index (χ3v) is 5.49. The van der Waals surface area contributed by atoms with Gasteiger partial charge in [-0.1, -0.05) is 12.2 Å². The number of likely N-dealkylation sites (tertiary alicyclic amines) is 1. The van der Waals surface area contributed by atoms with Crippen LogP contribution in [0.2, 0.25) is 0 Å². The molecule has 0 radical (unpaired) electrons. The molecule has 3 rings (SSSR count). The highest BCUT2D eigenvalue weighted by molar-refractivity contribution is 6.08. The first kappa shape index (κ1) is 21.4. The molecule has 4 atom stereocenters. The van der Waals surface area contributed by atoms with Gasteiger partial charge in [0.25, 0.3) is 5.91 Å². The molecular formula is C22H24N2O6. The number of esters is 1. The number of Topliss-reactive ketones (excluding diaryl/α,β-unsaturated/α-hetero) is 1. The summed E-state index contributed by atoms with van der Waals surface area (Å²) in [6.07, 6.45) is 3.57. The molecular weight excluding hydrogens is 388 g/mol. The second-order valence-electron chi connectivity index (χ2n) is 7.58. The molecule has 1 heterocycles. The van der Waals surface area contributed by atoms with Gasteiger partial charge in [-0.15, -0.1) is 0 Å². The number of imide groups is 1. The number of hydrogen-bond donors (Lipinski definition) is 1. The number of rotatable bonds is 6. The van der Waals surface area contributed by atoms with Crippen molar-refractivity contribution in [2.75, 3.05) is 5.32 Å². The molecule has 0 bridgehead atoms. The number of amides is 3. The van der Waals surface area contributed by atoms with Crippen molar-refractivity contribution in [3.05, 3.63) is 42.0 Å². The van der Waals surface area contributed by atoms with Gasteiger partial charge in [0.2, 0.25) is 11.8 Å². The molecule has 0 aromatic heterocycles. The zero-order valence-electron chi connectivity index (χ0n) is 17.1. The fourth-order valence-electron chi connectivity index (χ4n) is 3.67. The van der Waals surface area contributed by atoms with E-state index in [9.17, 15) is 24.0 Å². The van der Waals surface area contributed by atoms with Gasteiger partial charge < -0.3 is 10.1 Å². The minimum absolute atomic E-state index is 0.0919. The summed E-state index contributed by atoms with van der Waals surface area (Å²) >= 11 is 0. The summed E-state index contributed by atoms with van der Waals surface area (Å²) in [4.78, 5) is 62.3. The molecule has 1 N–H and O–H groups in total. The van der Waals surface area contributed by atoms with E-state index < -0.39 is 35.9 Å². The highest BCUT2D eigenvalue weighted by Crippen LogP contribution is 2.36. The third-order valence-electron chi connectivity index (χ3n) is 5.49. The van der Waals surface area contributed by atoms with Crippen LogP contribution < -0.4 is 5.32 Å². The number of anilines is 1. The predicted molar refractivity (Wildman–Crippen MR) is 107 cm³/mol. The van der Waals surface area contributed by atoms with Crippen LogP contribution in [0.4, 0.5) is 5.69 Å². The summed E-state index contributed by atoms with van der Waals surface area (Å²) in [5, 5.41) is 2.60. The first-order valence-electron chi connectivity index (χ1n) is 9.85. The van der Waals surface area contributed by atoms with Crippen LogP contribution in [0.3, 0.4) is 0 Å². The smallest absolute Gasteiger partial charge is 0.329 e. The topological polar surface area (TPSA) is 110 Å². The Kier molecular flexibility index (Phi) is 6.14. The van der Waals surface area contributed by atoms with Crippen LogP contribution in [0.1, 0.15) is 44.0 Å². The van der Waals surface area contributed by atoms with Crippen LogP contribution in [0.15, 0.2) is 36.4 Å². The lowest BCUT2D eigenvalue weighted by molar-refractivity contribution is -0.163. The quantitative estimate of drug-likeness (QED) is 0.332. The van der Waals surface area contributed by atoms with Crippen LogP contribution in [0, 0.1) is 11.8 Å². The number of allylic oxidation sites excluding steroid dienone is 2. The van der Waals surface area contributed by atoms with Crippen molar-refractivity contribution in [1.29, 1.82) is 0 Å². The molecule has 1 saturated heterocycles. The number of fused-ring (bicyclic) bond motifs is 1. The predicted octanol–water partition coefficient (Wildman–Crippen LogP) is 2.10. The van der Waals surface area contributed by atoms with Gasteiger partial charge in [0.1, 0.15) is 6.04 Å². The molecule has 0 spiro atoms. The SMILES string of the molecule is CC(=O)c1ccc(NC(=O)[C@H](C)OC(=O)[C@@H](C)N2C(=O)[C@H]3CC=CC[C@H]3C2=O)cc1. The number of ether oxygens (including phenoxy) is 1. The van der Waals surface area contributed by atoms with E-state index in [1.807, 2.05) is 12.2 Å². The van der Waals surface area contributed by atoms with E-state index in [-0.39, 0.29) is 17.6 Å². The fourth-order valence-corrected chi connectivity index (χ4v) is 3.67. The van der Waals surface area contributed by atoms with Crippen molar-refractivity contribution in [3.63, 3.8) is 0 Å². The van der Waals surface area contributed by atoms with E-state index in [0.717, 1.165) is 4.90 Å². The van der Waals surface area contributed by atoms with Crippen molar-refractivity contribution in [3.8, 4) is 0 Å². The van der Waals surface area contributed by atoms with Gasteiger partial charge in [0.15, 0.2) is 11.9 Å². The first-order chi connectivity index (χ1) is 14.2. The van der Waals surface area contributed by atoms with Crippen LogP contribution >= 0.6 is 0 Å². The standard InChI is InChI=1S/C22H24N2O6/c1-12(24-20(27)17-6-4-5-7-18(17)21(24)28)22(29)30-14(3)19(26)23-16-10-8-15(9-11-16)13(2)25/h4-5,8-12,14,17-18H,6-7H2,1-3H3,(H,23,26)/t12-,14+,17-,18+/m1/s1. The summed E-state index contributed by atoms with van der Waals surface area (Å²) in [7, 11) is 0. The zero-order valence-corrected chi connectivity index (χ0v) is 17.1. The number of nitrogens with one attached hydrogen (secondary N) is 1. The van der Waals surface area contributed by atoms with E-state index in [1.54, 1.807) is 24.3 Å². The molecule has 1 fully saturated rings. The lowest BCUT2D eigenvalue weighted by Crippen LogP contribution is -2.46. The normalized spacial score (nSPS) is 22.3. The van der Waals surface area contributed by atoms with Crippen molar-refractivity contribution in [2.45, 2.75) is 45.8 Å². The second kappa shape index (κ2) is 8.61. The first-order valence-corrected chi connectivity index (χ1v) is 9.85. The Labute approximate surface area is 174 Å².